The van der Waals surface area contributed by atoms with Crippen molar-refractivity contribution in [2.24, 2.45) is 5.73 Å². The number of hydrogen-bond acceptors (Lipinski definition) is 2. The molecule has 0 atom stereocenters. The Labute approximate surface area is 117 Å². The third kappa shape index (κ3) is 3.08. The van der Waals surface area contributed by atoms with E-state index in [1.165, 1.54) is 0 Å². The van der Waals surface area contributed by atoms with Gasteiger partial charge in [0.2, 0.25) is 5.91 Å². The highest BCUT2D eigenvalue weighted by Gasteiger charge is 2.09. The number of benzene rings is 1. The average molecular weight is 280 g/mol. The van der Waals surface area contributed by atoms with Crippen LogP contribution in [0.15, 0.2) is 18.2 Å². The number of fused-ring (bicyclic) bond motifs is 1. The van der Waals surface area contributed by atoms with Gasteiger partial charge in [-0.3, -0.25) is 4.79 Å². The first-order valence-electron chi connectivity index (χ1n) is 6.29. The minimum absolute atomic E-state index is 0.00353. The molecule has 102 valence electrons. The molecule has 0 bridgehead atoms. The van der Waals surface area contributed by atoms with Gasteiger partial charge in [0.15, 0.2) is 0 Å². The summed E-state index contributed by atoms with van der Waals surface area (Å²) < 4.78 is 0. The van der Waals surface area contributed by atoms with Gasteiger partial charge in [-0.15, -0.1) is 0 Å². The number of nitrogens with two attached hydrogens (primary N) is 1. The first-order valence-corrected chi connectivity index (χ1v) is 6.67. The lowest BCUT2D eigenvalue weighted by Gasteiger charge is -2.07. The first-order chi connectivity index (χ1) is 9.01. The molecule has 0 aliphatic carbocycles. The first kappa shape index (κ1) is 13.9. The van der Waals surface area contributed by atoms with Crippen molar-refractivity contribution in [2.45, 2.75) is 26.3 Å². The Hall–Kier alpha value is -1.52. The van der Waals surface area contributed by atoms with E-state index in [4.69, 9.17) is 17.3 Å². The number of aromatic nitrogens is 1. The maximum atomic E-state index is 11.1. The molecule has 1 aromatic carbocycles. The standard InChI is InChI=1S/C14H18ClN3O/c1-8(2)11-5-13-9(4-12(11)15)3-10(18-13)7-17-14(19)6-16/h3-5,8,18H,6-7,16H2,1-2H3,(H,17,19). The number of hydrogen-bond donors (Lipinski definition) is 3. The third-order valence-electron chi connectivity index (χ3n) is 3.08. The Bertz CT molecular complexity index is 604. The normalized spacial score (nSPS) is 11.2. The van der Waals surface area contributed by atoms with Crippen molar-refractivity contribution in [1.82, 2.24) is 10.3 Å². The van der Waals surface area contributed by atoms with Crippen LogP contribution in [-0.2, 0) is 11.3 Å². The zero-order chi connectivity index (χ0) is 14.0. The van der Waals surface area contributed by atoms with E-state index in [9.17, 15) is 4.79 Å². The molecule has 2 rings (SSSR count). The molecule has 1 heterocycles. The zero-order valence-corrected chi connectivity index (χ0v) is 11.8. The van der Waals surface area contributed by atoms with Crippen molar-refractivity contribution in [2.75, 3.05) is 6.54 Å². The third-order valence-corrected chi connectivity index (χ3v) is 3.40. The highest BCUT2D eigenvalue weighted by atomic mass is 35.5. The Morgan fingerprint density at radius 1 is 1.42 bits per heavy atom. The molecule has 2 aromatic rings. The minimum Gasteiger partial charge on any atom is -0.357 e. The molecule has 0 radical (unpaired) electrons. The molecule has 0 saturated carbocycles. The molecule has 0 saturated heterocycles. The van der Waals surface area contributed by atoms with Gasteiger partial charge >= 0.3 is 0 Å². The van der Waals surface area contributed by atoms with Crippen LogP contribution >= 0.6 is 11.6 Å². The Balaban J connectivity index is 2.27. The number of rotatable bonds is 4. The summed E-state index contributed by atoms with van der Waals surface area (Å²) in [5.74, 6) is 0.208. The van der Waals surface area contributed by atoms with Crippen LogP contribution < -0.4 is 11.1 Å². The summed E-state index contributed by atoms with van der Waals surface area (Å²) >= 11 is 6.26. The number of nitrogens with one attached hydrogen (secondary N) is 2. The van der Waals surface area contributed by atoms with Crippen molar-refractivity contribution >= 4 is 28.4 Å². The molecule has 0 fully saturated rings. The van der Waals surface area contributed by atoms with E-state index in [0.717, 1.165) is 27.2 Å². The maximum absolute atomic E-state index is 11.1. The number of aromatic amines is 1. The maximum Gasteiger partial charge on any atom is 0.234 e. The molecule has 1 aromatic heterocycles. The van der Waals surface area contributed by atoms with E-state index < -0.39 is 0 Å². The number of carbonyl (C=O) groups excluding carboxylic acids is 1. The van der Waals surface area contributed by atoms with Gasteiger partial charge in [0.05, 0.1) is 13.1 Å². The van der Waals surface area contributed by atoms with Crippen LogP contribution in [0.3, 0.4) is 0 Å². The second-order valence-electron chi connectivity index (χ2n) is 4.89. The largest absolute Gasteiger partial charge is 0.357 e. The summed E-state index contributed by atoms with van der Waals surface area (Å²) in [4.78, 5) is 14.4. The van der Waals surface area contributed by atoms with Crippen LogP contribution in [0.2, 0.25) is 5.02 Å². The van der Waals surface area contributed by atoms with Gasteiger partial charge in [-0.25, -0.2) is 0 Å². The number of carbonyl (C=O) groups is 1. The predicted octanol–water partition coefficient (Wildman–Crippen LogP) is 2.52. The Morgan fingerprint density at radius 3 is 2.79 bits per heavy atom. The van der Waals surface area contributed by atoms with Crippen molar-refractivity contribution in [3.63, 3.8) is 0 Å². The number of amides is 1. The van der Waals surface area contributed by atoms with Crippen LogP contribution in [0.1, 0.15) is 31.0 Å². The van der Waals surface area contributed by atoms with Crippen molar-refractivity contribution < 1.29 is 4.79 Å². The lowest BCUT2D eigenvalue weighted by atomic mass is 10.0. The van der Waals surface area contributed by atoms with E-state index in [1.54, 1.807) is 0 Å². The summed E-state index contributed by atoms with van der Waals surface area (Å²) in [6.45, 7) is 4.67. The molecule has 4 nitrogen and oxygen atoms in total. The molecule has 4 N–H and O–H groups in total. The van der Waals surface area contributed by atoms with E-state index in [1.807, 2.05) is 12.1 Å². The lowest BCUT2D eigenvalue weighted by Crippen LogP contribution is -2.29. The average Bonchev–Trinajstić information content (AvgIpc) is 2.76. The zero-order valence-electron chi connectivity index (χ0n) is 11.1. The Kier molecular flexibility index (Phi) is 4.12. The molecule has 0 spiro atoms. The molecular weight excluding hydrogens is 262 g/mol. The highest BCUT2D eigenvalue weighted by molar-refractivity contribution is 6.32. The molecular formula is C14H18ClN3O. The van der Waals surface area contributed by atoms with Gasteiger partial charge in [-0.1, -0.05) is 25.4 Å². The molecule has 0 unspecified atom stereocenters. The number of H-pyrrole nitrogens is 1. The summed E-state index contributed by atoms with van der Waals surface area (Å²) in [5.41, 5.74) is 8.33. The molecule has 0 aliphatic heterocycles. The van der Waals surface area contributed by atoms with E-state index in [2.05, 4.69) is 30.2 Å². The second kappa shape index (κ2) is 5.63. The molecule has 5 heteroatoms. The van der Waals surface area contributed by atoms with Gasteiger partial charge < -0.3 is 16.0 Å². The fourth-order valence-corrected chi connectivity index (χ4v) is 2.42. The van der Waals surface area contributed by atoms with E-state index in [-0.39, 0.29) is 12.5 Å². The molecule has 0 aliphatic rings. The van der Waals surface area contributed by atoms with Crippen LogP contribution in [-0.4, -0.2) is 17.4 Å². The van der Waals surface area contributed by atoms with E-state index in [0.29, 0.717) is 12.5 Å². The molecule has 1 amide bonds. The lowest BCUT2D eigenvalue weighted by molar-refractivity contribution is -0.119. The predicted molar refractivity (Wildman–Crippen MR) is 78.3 cm³/mol. The summed E-state index contributed by atoms with van der Waals surface area (Å²) in [5, 5.41) is 4.56. The quantitative estimate of drug-likeness (QED) is 0.805. The Morgan fingerprint density at radius 2 is 2.16 bits per heavy atom. The second-order valence-corrected chi connectivity index (χ2v) is 5.30. The van der Waals surface area contributed by atoms with Crippen LogP contribution in [0.4, 0.5) is 0 Å². The molecule has 19 heavy (non-hydrogen) atoms. The van der Waals surface area contributed by atoms with Gasteiger partial charge in [0.1, 0.15) is 0 Å². The summed E-state index contributed by atoms with van der Waals surface area (Å²) in [6.07, 6.45) is 0. The van der Waals surface area contributed by atoms with Gasteiger partial charge in [0, 0.05) is 21.6 Å². The van der Waals surface area contributed by atoms with Crippen LogP contribution in [0.5, 0.6) is 0 Å². The summed E-state index contributed by atoms with van der Waals surface area (Å²) in [7, 11) is 0. The SMILES string of the molecule is CC(C)c1cc2[nH]c(CNC(=O)CN)cc2cc1Cl. The van der Waals surface area contributed by atoms with Gasteiger partial charge in [-0.05, 0) is 29.7 Å². The van der Waals surface area contributed by atoms with Crippen molar-refractivity contribution in [3.05, 3.63) is 34.5 Å². The van der Waals surface area contributed by atoms with Crippen LogP contribution in [0, 0.1) is 0 Å². The van der Waals surface area contributed by atoms with Crippen molar-refractivity contribution in [3.8, 4) is 0 Å². The van der Waals surface area contributed by atoms with Crippen molar-refractivity contribution in [1.29, 1.82) is 0 Å². The monoisotopic (exact) mass is 279 g/mol. The smallest absolute Gasteiger partial charge is 0.234 e. The van der Waals surface area contributed by atoms with E-state index >= 15 is 0 Å². The van der Waals surface area contributed by atoms with Gasteiger partial charge in [-0.2, -0.15) is 0 Å². The van der Waals surface area contributed by atoms with Crippen LogP contribution in [0.25, 0.3) is 10.9 Å². The fourth-order valence-electron chi connectivity index (χ4n) is 2.03. The highest BCUT2D eigenvalue weighted by Crippen LogP contribution is 2.29. The number of halogens is 1. The minimum atomic E-state index is -0.167. The topological polar surface area (TPSA) is 70.9 Å². The summed E-state index contributed by atoms with van der Waals surface area (Å²) in [6, 6.07) is 6.01. The van der Waals surface area contributed by atoms with Gasteiger partial charge in [0.25, 0.3) is 0 Å². The fraction of sp³-hybridized carbons (Fsp3) is 0.357.